The molecule has 7 nitrogen and oxygen atoms in total. The molecule has 166 valence electrons. The topological polar surface area (TPSA) is 72.7 Å². The zero-order chi connectivity index (χ0) is 21.2. The maximum absolute atomic E-state index is 5.44. The average Bonchev–Trinajstić information content (AvgIpc) is 3.33. The van der Waals surface area contributed by atoms with Crippen LogP contribution in [0.3, 0.4) is 0 Å². The van der Waals surface area contributed by atoms with E-state index in [-0.39, 0.29) is 24.0 Å². The Morgan fingerprint density at radius 2 is 1.74 bits per heavy atom. The highest BCUT2D eigenvalue weighted by atomic mass is 127. The molecule has 0 atom stereocenters. The molecule has 3 aromatic rings. The summed E-state index contributed by atoms with van der Waals surface area (Å²) in [5.41, 5.74) is 3.41. The second-order valence-electron chi connectivity index (χ2n) is 6.72. The van der Waals surface area contributed by atoms with Crippen LogP contribution >= 0.6 is 24.0 Å². The van der Waals surface area contributed by atoms with E-state index in [2.05, 4.69) is 45.0 Å². The summed E-state index contributed by atoms with van der Waals surface area (Å²) < 4.78 is 12.6. The third-order valence-corrected chi connectivity index (χ3v) is 4.81. The summed E-state index contributed by atoms with van der Waals surface area (Å²) in [6, 6.07) is 16.2. The Labute approximate surface area is 200 Å². The molecule has 2 aromatic carbocycles. The van der Waals surface area contributed by atoms with Crippen molar-refractivity contribution < 1.29 is 9.47 Å². The Kier molecular flexibility index (Phi) is 10.2. The number of nitrogens with zero attached hydrogens (tertiary/aromatic N) is 3. The van der Waals surface area contributed by atoms with E-state index >= 15 is 0 Å². The first kappa shape index (κ1) is 24.5. The standard InChI is InChI=1S/C23H29N5O2.HI/c1-24-23(26-15-12-19-17-21(29-2)9-10-22(19)30-3)25-14-11-18-5-7-20(8-6-18)28-16-4-13-27-28;/h4-10,13,16-17H,11-12,14-15H2,1-3H3,(H2,24,25,26);1H. The average molecular weight is 535 g/mol. The van der Waals surface area contributed by atoms with Crippen LogP contribution in [0.15, 0.2) is 65.9 Å². The summed E-state index contributed by atoms with van der Waals surface area (Å²) >= 11 is 0. The zero-order valence-corrected chi connectivity index (χ0v) is 20.5. The lowest BCUT2D eigenvalue weighted by molar-refractivity contribution is 0.398. The predicted molar refractivity (Wildman–Crippen MR) is 135 cm³/mol. The molecule has 0 aliphatic carbocycles. The van der Waals surface area contributed by atoms with Crippen LogP contribution in [0.2, 0.25) is 0 Å². The van der Waals surface area contributed by atoms with Gasteiger partial charge in [-0.3, -0.25) is 4.99 Å². The number of halogens is 1. The van der Waals surface area contributed by atoms with Gasteiger partial charge in [0, 0.05) is 32.5 Å². The summed E-state index contributed by atoms with van der Waals surface area (Å²) in [7, 11) is 5.13. The SMILES string of the molecule is CN=C(NCCc1ccc(-n2cccn2)cc1)NCCc1cc(OC)ccc1OC.I. The minimum Gasteiger partial charge on any atom is -0.497 e. The van der Waals surface area contributed by atoms with Gasteiger partial charge in [0.1, 0.15) is 11.5 Å². The van der Waals surface area contributed by atoms with E-state index in [0.717, 1.165) is 54.6 Å². The number of aromatic nitrogens is 2. The van der Waals surface area contributed by atoms with E-state index in [4.69, 9.17) is 9.47 Å². The van der Waals surface area contributed by atoms with Crippen LogP contribution < -0.4 is 20.1 Å². The quantitative estimate of drug-likeness (QED) is 0.250. The molecular weight excluding hydrogens is 505 g/mol. The number of methoxy groups -OCH3 is 2. The van der Waals surface area contributed by atoms with Crippen molar-refractivity contribution in [2.75, 3.05) is 34.4 Å². The molecule has 0 saturated heterocycles. The highest BCUT2D eigenvalue weighted by Crippen LogP contribution is 2.24. The number of benzene rings is 2. The second-order valence-corrected chi connectivity index (χ2v) is 6.72. The van der Waals surface area contributed by atoms with Crippen LogP contribution in [0.5, 0.6) is 11.5 Å². The van der Waals surface area contributed by atoms with Crippen LogP contribution in [0, 0.1) is 0 Å². The summed E-state index contributed by atoms with van der Waals surface area (Å²) in [5.74, 6) is 2.47. The third kappa shape index (κ3) is 7.16. The zero-order valence-electron chi connectivity index (χ0n) is 18.2. The lowest BCUT2D eigenvalue weighted by Crippen LogP contribution is -2.39. The minimum absolute atomic E-state index is 0. The van der Waals surface area contributed by atoms with E-state index in [1.54, 1.807) is 27.5 Å². The van der Waals surface area contributed by atoms with Crippen LogP contribution in [0.25, 0.3) is 5.69 Å². The summed E-state index contributed by atoms with van der Waals surface area (Å²) in [6.45, 7) is 1.53. The monoisotopic (exact) mass is 535 g/mol. The summed E-state index contributed by atoms with van der Waals surface area (Å²) in [5, 5.41) is 11.0. The molecule has 8 heteroatoms. The highest BCUT2D eigenvalue weighted by Gasteiger charge is 2.06. The maximum Gasteiger partial charge on any atom is 0.190 e. The van der Waals surface area contributed by atoms with Gasteiger partial charge in [0.25, 0.3) is 0 Å². The van der Waals surface area contributed by atoms with Crippen molar-refractivity contribution in [3.8, 4) is 17.2 Å². The van der Waals surface area contributed by atoms with E-state index in [9.17, 15) is 0 Å². The number of rotatable bonds is 9. The molecule has 2 N–H and O–H groups in total. The van der Waals surface area contributed by atoms with Crippen molar-refractivity contribution in [2.45, 2.75) is 12.8 Å². The molecule has 1 heterocycles. The molecule has 0 amide bonds. The highest BCUT2D eigenvalue weighted by molar-refractivity contribution is 14.0. The molecule has 0 aliphatic heterocycles. The van der Waals surface area contributed by atoms with E-state index in [0.29, 0.717) is 0 Å². The normalized spacial score (nSPS) is 10.9. The molecule has 3 rings (SSSR count). The first-order chi connectivity index (χ1) is 14.7. The maximum atomic E-state index is 5.44. The van der Waals surface area contributed by atoms with Gasteiger partial charge in [-0.05, 0) is 60.4 Å². The second kappa shape index (κ2) is 12.8. The third-order valence-electron chi connectivity index (χ3n) is 4.81. The van der Waals surface area contributed by atoms with Gasteiger partial charge in [-0.2, -0.15) is 5.10 Å². The Balaban J connectivity index is 0.00000341. The molecule has 0 radical (unpaired) electrons. The fourth-order valence-corrected chi connectivity index (χ4v) is 3.18. The molecular formula is C23H30IN5O2. The van der Waals surface area contributed by atoms with Gasteiger partial charge in [0.05, 0.1) is 19.9 Å². The van der Waals surface area contributed by atoms with Crippen molar-refractivity contribution in [3.63, 3.8) is 0 Å². The Morgan fingerprint density at radius 1 is 1.00 bits per heavy atom. The molecule has 0 aliphatic rings. The van der Waals surface area contributed by atoms with Crippen molar-refractivity contribution in [1.82, 2.24) is 20.4 Å². The fourth-order valence-electron chi connectivity index (χ4n) is 3.18. The van der Waals surface area contributed by atoms with Gasteiger partial charge in [-0.1, -0.05) is 12.1 Å². The van der Waals surface area contributed by atoms with E-state index < -0.39 is 0 Å². The molecule has 0 fully saturated rings. The fraction of sp³-hybridized carbons (Fsp3) is 0.304. The Bertz CT molecular complexity index is 943. The molecule has 0 bridgehead atoms. The molecule has 0 saturated carbocycles. The summed E-state index contributed by atoms with van der Waals surface area (Å²) in [6.07, 6.45) is 5.42. The number of aliphatic imine (C=N–C) groups is 1. The lowest BCUT2D eigenvalue weighted by Gasteiger charge is -2.14. The molecule has 1 aromatic heterocycles. The summed E-state index contributed by atoms with van der Waals surface area (Å²) in [4.78, 5) is 4.30. The van der Waals surface area contributed by atoms with Gasteiger partial charge in [-0.25, -0.2) is 4.68 Å². The number of ether oxygens (including phenoxy) is 2. The van der Waals surface area contributed by atoms with Crippen molar-refractivity contribution >= 4 is 29.9 Å². The largest absolute Gasteiger partial charge is 0.497 e. The molecule has 0 spiro atoms. The van der Waals surface area contributed by atoms with Gasteiger partial charge >= 0.3 is 0 Å². The van der Waals surface area contributed by atoms with E-state index in [1.165, 1.54) is 5.56 Å². The Hall–Kier alpha value is -2.75. The van der Waals surface area contributed by atoms with Crippen LogP contribution in [-0.2, 0) is 12.8 Å². The van der Waals surface area contributed by atoms with Gasteiger partial charge in [0.2, 0.25) is 0 Å². The van der Waals surface area contributed by atoms with Crippen molar-refractivity contribution in [3.05, 3.63) is 72.1 Å². The number of guanidine groups is 1. The van der Waals surface area contributed by atoms with E-state index in [1.807, 2.05) is 35.1 Å². The van der Waals surface area contributed by atoms with Gasteiger partial charge < -0.3 is 20.1 Å². The van der Waals surface area contributed by atoms with Gasteiger partial charge in [0.15, 0.2) is 5.96 Å². The van der Waals surface area contributed by atoms with Crippen LogP contribution in [0.4, 0.5) is 0 Å². The number of hydrogen-bond acceptors (Lipinski definition) is 4. The minimum atomic E-state index is 0. The molecule has 31 heavy (non-hydrogen) atoms. The van der Waals surface area contributed by atoms with Crippen LogP contribution in [0.1, 0.15) is 11.1 Å². The van der Waals surface area contributed by atoms with Crippen molar-refractivity contribution in [2.24, 2.45) is 4.99 Å². The number of nitrogens with one attached hydrogen (secondary N) is 2. The van der Waals surface area contributed by atoms with Crippen LogP contribution in [-0.4, -0.2) is 50.1 Å². The van der Waals surface area contributed by atoms with Gasteiger partial charge in [-0.15, -0.1) is 24.0 Å². The first-order valence-corrected chi connectivity index (χ1v) is 9.98. The first-order valence-electron chi connectivity index (χ1n) is 9.98. The Morgan fingerprint density at radius 3 is 2.35 bits per heavy atom. The molecule has 0 unspecified atom stereocenters. The predicted octanol–water partition coefficient (Wildman–Crippen LogP) is 3.46. The lowest BCUT2D eigenvalue weighted by atomic mass is 10.1. The van der Waals surface area contributed by atoms with Crippen molar-refractivity contribution in [1.29, 1.82) is 0 Å². The smallest absolute Gasteiger partial charge is 0.190 e. The number of hydrogen-bond donors (Lipinski definition) is 2.